The van der Waals surface area contributed by atoms with Gasteiger partial charge in [-0.05, 0) is 44.9 Å². The van der Waals surface area contributed by atoms with Crippen LogP contribution < -0.4 is 14.8 Å². The molecule has 1 aliphatic rings. The summed E-state index contributed by atoms with van der Waals surface area (Å²) in [6.45, 7) is 6.41. The first-order valence-corrected chi connectivity index (χ1v) is 8.16. The highest BCUT2D eigenvalue weighted by atomic mass is 16.6. The summed E-state index contributed by atoms with van der Waals surface area (Å²) in [4.78, 5) is 12.4. The number of carbonyl (C=O) groups excluding carboxylic acids is 1. The second-order valence-corrected chi connectivity index (χ2v) is 6.12. The van der Waals surface area contributed by atoms with Crippen molar-refractivity contribution in [3.05, 3.63) is 41.2 Å². The topological polar surface area (TPSA) is 65.4 Å². The van der Waals surface area contributed by atoms with E-state index in [0.717, 1.165) is 17.8 Å². The number of aryl methyl sites for hydroxylation is 2. The maximum Gasteiger partial charge on any atom is 0.265 e. The Morgan fingerprint density at radius 1 is 1.25 bits per heavy atom. The van der Waals surface area contributed by atoms with Crippen molar-refractivity contribution < 1.29 is 14.3 Å². The molecular weight excluding hydrogens is 306 g/mol. The maximum absolute atomic E-state index is 12.4. The molecular formula is C18H23N3O3. The quantitative estimate of drug-likeness (QED) is 0.931. The molecule has 1 amide bonds. The van der Waals surface area contributed by atoms with Crippen LogP contribution in [0.15, 0.2) is 24.3 Å². The summed E-state index contributed by atoms with van der Waals surface area (Å²) >= 11 is 0. The van der Waals surface area contributed by atoms with Crippen LogP contribution in [0.1, 0.15) is 23.9 Å². The van der Waals surface area contributed by atoms with Crippen LogP contribution in [0.3, 0.4) is 0 Å². The molecule has 0 bridgehead atoms. The monoisotopic (exact) mass is 329 g/mol. The summed E-state index contributed by atoms with van der Waals surface area (Å²) in [7, 11) is 1.93. The molecule has 1 aromatic carbocycles. The van der Waals surface area contributed by atoms with Crippen LogP contribution in [-0.4, -0.2) is 34.4 Å². The second-order valence-electron chi connectivity index (χ2n) is 6.12. The van der Waals surface area contributed by atoms with E-state index in [2.05, 4.69) is 10.4 Å². The molecule has 2 atom stereocenters. The number of fused-ring (bicyclic) bond motifs is 1. The summed E-state index contributed by atoms with van der Waals surface area (Å²) in [5, 5.41) is 7.34. The lowest BCUT2D eigenvalue weighted by Gasteiger charge is -2.31. The molecule has 0 fully saturated rings. The van der Waals surface area contributed by atoms with Crippen molar-refractivity contribution in [2.75, 3.05) is 6.54 Å². The zero-order valence-electron chi connectivity index (χ0n) is 14.5. The van der Waals surface area contributed by atoms with Gasteiger partial charge in [0.25, 0.3) is 5.91 Å². The fourth-order valence-electron chi connectivity index (χ4n) is 3.00. The van der Waals surface area contributed by atoms with Crippen molar-refractivity contribution in [3.8, 4) is 11.5 Å². The third-order valence-corrected chi connectivity index (χ3v) is 4.43. The van der Waals surface area contributed by atoms with E-state index in [9.17, 15) is 4.79 Å². The van der Waals surface area contributed by atoms with Crippen LogP contribution in [0.25, 0.3) is 0 Å². The van der Waals surface area contributed by atoms with E-state index < -0.39 is 6.10 Å². The summed E-state index contributed by atoms with van der Waals surface area (Å²) in [5.74, 6) is 1.13. The van der Waals surface area contributed by atoms with Crippen molar-refractivity contribution in [1.82, 2.24) is 15.1 Å². The molecule has 2 heterocycles. The molecule has 0 aliphatic carbocycles. The zero-order chi connectivity index (χ0) is 17.3. The summed E-state index contributed by atoms with van der Waals surface area (Å²) in [5.41, 5.74) is 3.31. The molecule has 1 aliphatic heterocycles. The Labute approximate surface area is 141 Å². The fraction of sp³-hybridized carbons (Fsp3) is 0.444. The lowest BCUT2D eigenvalue weighted by molar-refractivity contribution is -0.133. The Bertz CT molecular complexity index is 754. The number of nitrogens with zero attached hydrogens (tertiary/aromatic N) is 2. The lowest BCUT2D eigenvalue weighted by atomic mass is 10.1. The Kier molecular flexibility index (Phi) is 4.46. The zero-order valence-corrected chi connectivity index (χ0v) is 14.5. The number of amides is 1. The number of hydrogen-bond acceptors (Lipinski definition) is 4. The molecule has 0 radical (unpaired) electrons. The molecule has 0 saturated heterocycles. The minimum atomic E-state index is -0.643. The van der Waals surface area contributed by atoms with Crippen molar-refractivity contribution in [2.24, 2.45) is 7.05 Å². The van der Waals surface area contributed by atoms with Gasteiger partial charge in [-0.1, -0.05) is 12.1 Å². The van der Waals surface area contributed by atoms with Gasteiger partial charge in [0.1, 0.15) is 6.10 Å². The first-order chi connectivity index (χ1) is 11.5. The number of ether oxygens (including phenoxy) is 2. The van der Waals surface area contributed by atoms with Gasteiger partial charge < -0.3 is 14.8 Å². The summed E-state index contributed by atoms with van der Waals surface area (Å²) < 4.78 is 13.4. The first-order valence-electron chi connectivity index (χ1n) is 8.16. The number of aromatic nitrogens is 2. The van der Waals surface area contributed by atoms with Crippen molar-refractivity contribution in [3.63, 3.8) is 0 Å². The standard InChI is InChI=1S/C18H23N3O3/c1-11-14(12(2)21(4)20-11)9-10-19-18(22)17-13(3)23-15-7-5-6-8-16(15)24-17/h5-8,13,17H,9-10H2,1-4H3,(H,19,22)/t13-,17+/m1/s1. The molecule has 2 aromatic rings. The molecule has 1 N–H and O–H groups in total. The average molecular weight is 329 g/mol. The van der Waals surface area contributed by atoms with Crippen molar-refractivity contribution >= 4 is 5.91 Å². The largest absolute Gasteiger partial charge is 0.482 e. The summed E-state index contributed by atoms with van der Waals surface area (Å²) in [6.07, 6.45) is -0.228. The first kappa shape index (κ1) is 16.4. The number of carbonyl (C=O) groups is 1. The number of benzene rings is 1. The highest BCUT2D eigenvalue weighted by molar-refractivity contribution is 5.82. The Morgan fingerprint density at radius 3 is 2.54 bits per heavy atom. The SMILES string of the molecule is Cc1nn(C)c(C)c1CCNC(=O)[C@H]1Oc2ccccc2O[C@@H]1C. The minimum Gasteiger partial charge on any atom is -0.482 e. The molecule has 6 heteroatoms. The minimum absolute atomic E-state index is 0.156. The number of rotatable bonds is 4. The van der Waals surface area contributed by atoms with Gasteiger partial charge in [-0.25, -0.2) is 0 Å². The van der Waals surface area contributed by atoms with E-state index in [4.69, 9.17) is 9.47 Å². The maximum atomic E-state index is 12.4. The average Bonchev–Trinajstić information content (AvgIpc) is 2.80. The van der Waals surface area contributed by atoms with Crippen LogP contribution in [0.5, 0.6) is 11.5 Å². The molecule has 24 heavy (non-hydrogen) atoms. The highest BCUT2D eigenvalue weighted by Gasteiger charge is 2.33. The molecule has 6 nitrogen and oxygen atoms in total. The smallest absolute Gasteiger partial charge is 0.265 e. The Hall–Kier alpha value is -2.50. The van der Waals surface area contributed by atoms with Crippen LogP contribution >= 0.6 is 0 Å². The van der Waals surface area contributed by atoms with E-state index in [1.807, 2.05) is 56.8 Å². The van der Waals surface area contributed by atoms with Gasteiger partial charge in [0.05, 0.1) is 5.69 Å². The van der Waals surface area contributed by atoms with E-state index in [1.165, 1.54) is 5.56 Å². The molecule has 1 aromatic heterocycles. The van der Waals surface area contributed by atoms with Gasteiger partial charge in [0, 0.05) is 19.3 Å². The normalized spacial score (nSPS) is 19.2. The van der Waals surface area contributed by atoms with E-state index in [-0.39, 0.29) is 12.0 Å². The molecule has 128 valence electrons. The number of nitrogens with one attached hydrogen (secondary N) is 1. The van der Waals surface area contributed by atoms with Crippen LogP contribution in [0.2, 0.25) is 0 Å². The third-order valence-electron chi connectivity index (χ3n) is 4.43. The third kappa shape index (κ3) is 3.09. The Morgan fingerprint density at radius 2 is 1.92 bits per heavy atom. The van der Waals surface area contributed by atoms with Crippen LogP contribution in [0, 0.1) is 13.8 Å². The van der Waals surface area contributed by atoms with Crippen molar-refractivity contribution in [2.45, 2.75) is 39.4 Å². The van der Waals surface area contributed by atoms with Crippen molar-refractivity contribution in [1.29, 1.82) is 0 Å². The lowest BCUT2D eigenvalue weighted by Crippen LogP contribution is -2.49. The molecule has 3 rings (SSSR count). The van der Waals surface area contributed by atoms with Gasteiger partial charge in [-0.3, -0.25) is 9.48 Å². The highest BCUT2D eigenvalue weighted by Crippen LogP contribution is 2.33. The van der Waals surface area contributed by atoms with Gasteiger partial charge in [0.15, 0.2) is 11.5 Å². The van der Waals surface area contributed by atoms with E-state index >= 15 is 0 Å². The van der Waals surface area contributed by atoms with Crippen LogP contribution in [-0.2, 0) is 18.3 Å². The van der Waals surface area contributed by atoms with Gasteiger partial charge in [-0.15, -0.1) is 0 Å². The Balaban J connectivity index is 1.59. The molecule has 0 saturated carbocycles. The number of hydrogen-bond donors (Lipinski definition) is 1. The summed E-state index contributed by atoms with van der Waals surface area (Å²) in [6, 6.07) is 7.40. The second kappa shape index (κ2) is 6.55. The molecule has 0 unspecified atom stereocenters. The van der Waals surface area contributed by atoms with Gasteiger partial charge in [-0.2, -0.15) is 5.10 Å². The van der Waals surface area contributed by atoms with Gasteiger partial charge >= 0.3 is 0 Å². The van der Waals surface area contributed by atoms with Gasteiger partial charge in [0.2, 0.25) is 6.10 Å². The number of para-hydroxylation sites is 2. The van der Waals surface area contributed by atoms with E-state index in [0.29, 0.717) is 18.0 Å². The predicted octanol–water partition coefficient (Wildman–Crippen LogP) is 1.92. The predicted molar refractivity (Wildman–Crippen MR) is 90.3 cm³/mol. The van der Waals surface area contributed by atoms with E-state index in [1.54, 1.807) is 0 Å². The molecule has 0 spiro atoms. The van der Waals surface area contributed by atoms with Crippen LogP contribution in [0.4, 0.5) is 0 Å². The fourth-order valence-corrected chi connectivity index (χ4v) is 3.00.